The Morgan fingerprint density at radius 2 is 1.78 bits per heavy atom. The number of piperazine rings is 1. The number of allylic oxidation sites excluding steroid dienone is 1. The molecule has 0 aliphatic carbocycles. The zero-order valence-electron chi connectivity index (χ0n) is 20.0. The summed E-state index contributed by atoms with van der Waals surface area (Å²) < 4.78 is 10.3. The van der Waals surface area contributed by atoms with Crippen molar-refractivity contribution in [3.05, 3.63) is 82.4 Å². The van der Waals surface area contributed by atoms with E-state index >= 15 is 0 Å². The number of amidine groups is 1. The smallest absolute Gasteiger partial charge is 0.338 e. The fraction of sp³-hybridized carbons (Fsp3) is 0.308. The number of carbonyl (C=O) groups is 3. The van der Waals surface area contributed by atoms with E-state index in [1.165, 1.54) is 25.1 Å². The molecule has 3 aliphatic rings. The van der Waals surface area contributed by atoms with E-state index in [2.05, 4.69) is 4.99 Å². The normalized spacial score (nSPS) is 19.6. The van der Waals surface area contributed by atoms with Crippen LogP contribution >= 0.6 is 11.8 Å². The lowest BCUT2D eigenvalue weighted by atomic mass is 9.94. The second kappa shape index (κ2) is 10.1. The van der Waals surface area contributed by atoms with Crippen LogP contribution in [0.25, 0.3) is 0 Å². The van der Waals surface area contributed by atoms with E-state index < -0.39 is 12.0 Å². The molecule has 9 nitrogen and oxygen atoms in total. The number of benzene rings is 1. The van der Waals surface area contributed by atoms with E-state index in [0.717, 1.165) is 16.4 Å². The minimum atomic E-state index is -0.442. The van der Waals surface area contributed by atoms with Gasteiger partial charge in [-0.05, 0) is 30.0 Å². The zero-order chi connectivity index (χ0) is 25.2. The molecule has 4 heterocycles. The largest absolute Gasteiger partial charge is 0.466 e. The van der Waals surface area contributed by atoms with E-state index in [1.807, 2.05) is 40.6 Å². The van der Waals surface area contributed by atoms with E-state index in [0.29, 0.717) is 43.2 Å². The highest BCUT2D eigenvalue weighted by atomic mass is 32.2. The highest BCUT2D eigenvalue weighted by Gasteiger charge is 2.41. The molecule has 0 spiro atoms. The quantitative estimate of drug-likeness (QED) is 0.574. The van der Waals surface area contributed by atoms with Crippen LogP contribution in [0.2, 0.25) is 0 Å². The Bertz CT molecular complexity index is 1260. The van der Waals surface area contributed by atoms with Crippen molar-refractivity contribution < 1.29 is 23.5 Å². The first kappa shape index (κ1) is 23.9. The van der Waals surface area contributed by atoms with E-state index in [4.69, 9.17) is 9.15 Å². The lowest BCUT2D eigenvalue weighted by Crippen LogP contribution is -2.50. The number of aliphatic imine (C=N–C) groups is 1. The molecule has 2 aromatic rings. The number of fused-ring (bicyclic) bond motifs is 1. The van der Waals surface area contributed by atoms with Gasteiger partial charge in [0.2, 0.25) is 5.91 Å². The van der Waals surface area contributed by atoms with Gasteiger partial charge in [-0.2, -0.15) is 0 Å². The minimum absolute atomic E-state index is 0.0362. The van der Waals surface area contributed by atoms with Crippen molar-refractivity contribution in [2.24, 2.45) is 4.99 Å². The number of thioether (sulfide) groups is 1. The maximum Gasteiger partial charge on any atom is 0.338 e. The molecule has 1 unspecified atom stereocenters. The summed E-state index contributed by atoms with van der Waals surface area (Å²) in [5, 5.41) is 2.65. The summed E-state index contributed by atoms with van der Waals surface area (Å²) in [6.07, 6.45) is 1.64. The van der Waals surface area contributed by atoms with Crippen LogP contribution in [0.3, 0.4) is 0 Å². The molecule has 1 atom stereocenters. The number of hydrogen-bond donors (Lipinski definition) is 0. The SMILES string of the molecule is COC(=O)C1=C(C)N=C2SC=C(CC(=O)N3CCN(C(=O)c4ccco4)CC3)N2C1c1ccccc1. The number of methoxy groups -OCH3 is 1. The summed E-state index contributed by atoms with van der Waals surface area (Å²) in [7, 11) is 1.36. The van der Waals surface area contributed by atoms with E-state index in [9.17, 15) is 14.4 Å². The van der Waals surface area contributed by atoms with Crippen molar-refractivity contribution >= 4 is 34.7 Å². The van der Waals surface area contributed by atoms with Crippen LogP contribution in [0.4, 0.5) is 0 Å². The van der Waals surface area contributed by atoms with Crippen molar-refractivity contribution in [3.8, 4) is 0 Å². The molecular weight excluding hydrogens is 480 g/mol. The Kier molecular flexibility index (Phi) is 6.69. The van der Waals surface area contributed by atoms with Crippen LogP contribution in [-0.4, -0.2) is 70.9 Å². The van der Waals surface area contributed by atoms with Crippen LogP contribution in [0.15, 0.2) is 80.5 Å². The molecule has 1 saturated heterocycles. The molecule has 186 valence electrons. The molecule has 0 bridgehead atoms. The molecule has 1 fully saturated rings. The Balaban J connectivity index is 1.32. The van der Waals surface area contributed by atoms with Crippen LogP contribution in [0, 0.1) is 0 Å². The number of nitrogens with zero attached hydrogens (tertiary/aromatic N) is 4. The summed E-state index contributed by atoms with van der Waals surface area (Å²) in [5.41, 5.74) is 2.75. The number of rotatable bonds is 5. The molecule has 0 N–H and O–H groups in total. The fourth-order valence-corrected chi connectivity index (χ4v) is 5.64. The molecule has 0 radical (unpaired) electrons. The summed E-state index contributed by atoms with van der Waals surface area (Å²) in [6.45, 7) is 3.58. The monoisotopic (exact) mass is 506 g/mol. The van der Waals surface area contributed by atoms with Crippen LogP contribution in [0.5, 0.6) is 0 Å². The van der Waals surface area contributed by atoms with Gasteiger partial charge in [-0.3, -0.25) is 9.59 Å². The number of ether oxygens (including phenoxy) is 1. The van der Waals surface area contributed by atoms with Gasteiger partial charge in [0, 0.05) is 31.9 Å². The predicted molar refractivity (Wildman–Crippen MR) is 135 cm³/mol. The topological polar surface area (TPSA) is 95.7 Å². The zero-order valence-corrected chi connectivity index (χ0v) is 20.9. The van der Waals surface area contributed by atoms with Crippen molar-refractivity contribution in [2.45, 2.75) is 19.4 Å². The third-order valence-corrected chi connectivity index (χ3v) is 7.39. The molecular formula is C26H26N4O5S. The van der Waals surface area contributed by atoms with Gasteiger partial charge in [-0.1, -0.05) is 42.1 Å². The van der Waals surface area contributed by atoms with Crippen molar-refractivity contribution in [3.63, 3.8) is 0 Å². The van der Waals surface area contributed by atoms with E-state index in [-0.39, 0.29) is 18.2 Å². The Morgan fingerprint density at radius 1 is 1.06 bits per heavy atom. The third kappa shape index (κ3) is 4.44. The Labute approximate surface area is 213 Å². The van der Waals surface area contributed by atoms with Crippen molar-refractivity contribution in [1.82, 2.24) is 14.7 Å². The van der Waals surface area contributed by atoms with Gasteiger partial charge >= 0.3 is 5.97 Å². The summed E-state index contributed by atoms with van der Waals surface area (Å²) >= 11 is 1.44. The number of amides is 2. The average Bonchev–Trinajstić information content (AvgIpc) is 3.58. The van der Waals surface area contributed by atoms with Gasteiger partial charge in [0.1, 0.15) is 0 Å². The minimum Gasteiger partial charge on any atom is -0.466 e. The molecule has 2 amide bonds. The first-order valence-corrected chi connectivity index (χ1v) is 12.5. The van der Waals surface area contributed by atoms with Gasteiger partial charge < -0.3 is 23.9 Å². The van der Waals surface area contributed by atoms with Crippen LogP contribution < -0.4 is 0 Å². The number of furan rings is 1. The first-order valence-electron chi connectivity index (χ1n) is 11.7. The van der Waals surface area contributed by atoms with Gasteiger partial charge in [-0.25, -0.2) is 9.79 Å². The molecule has 10 heteroatoms. The predicted octanol–water partition coefficient (Wildman–Crippen LogP) is 3.40. The maximum absolute atomic E-state index is 13.3. The lowest BCUT2D eigenvalue weighted by Gasteiger charge is -2.37. The Morgan fingerprint density at radius 3 is 2.44 bits per heavy atom. The van der Waals surface area contributed by atoms with Crippen LogP contribution in [0.1, 0.15) is 35.5 Å². The van der Waals surface area contributed by atoms with Crippen molar-refractivity contribution in [2.75, 3.05) is 33.3 Å². The lowest BCUT2D eigenvalue weighted by molar-refractivity contribution is -0.136. The summed E-state index contributed by atoms with van der Waals surface area (Å²) in [5.74, 6) is -0.342. The molecule has 1 aromatic carbocycles. The van der Waals surface area contributed by atoms with Crippen molar-refractivity contribution in [1.29, 1.82) is 0 Å². The third-order valence-electron chi connectivity index (χ3n) is 6.51. The maximum atomic E-state index is 13.3. The standard InChI is InChI=1S/C26H26N4O5S/c1-17-22(25(33)34-2)23(18-7-4-3-5-8-18)30-19(16-36-26(30)27-17)15-21(31)28-10-12-29(13-11-28)24(32)20-9-6-14-35-20/h3-9,14,16,23H,10-13,15H2,1-2H3. The van der Waals surface area contributed by atoms with Gasteiger partial charge in [-0.15, -0.1) is 0 Å². The molecule has 5 rings (SSSR count). The highest BCUT2D eigenvalue weighted by molar-refractivity contribution is 8.16. The highest BCUT2D eigenvalue weighted by Crippen LogP contribution is 2.44. The number of carbonyl (C=O) groups excluding carboxylic acids is 3. The van der Waals surface area contributed by atoms with Gasteiger partial charge in [0.05, 0.1) is 37.1 Å². The molecule has 36 heavy (non-hydrogen) atoms. The first-order chi connectivity index (χ1) is 17.5. The number of hydrogen-bond acceptors (Lipinski definition) is 8. The summed E-state index contributed by atoms with van der Waals surface area (Å²) in [4.78, 5) is 48.7. The second-order valence-electron chi connectivity index (χ2n) is 8.62. The second-order valence-corrected chi connectivity index (χ2v) is 9.46. The summed E-state index contributed by atoms with van der Waals surface area (Å²) in [6, 6.07) is 12.6. The van der Waals surface area contributed by atoms with Gasteiger partial charge in [0.15, 0.2) is 10.9 Å². The average molecular weight is 507 g/mol. The van der Waals surface area contributed by atoms with Crippen LogP contribution in [-0.2, 0) is 14.3 Å². The van der Waals surface area contributed by atoms with E-state index in [1.54, 1.807) is 28.9 Å². The van der Waals surface area contributed by atoms with Gasteiger partial charge in [0.25, 0.3) is 5.91 Å². The Hall–Kier alpha value is -3.79. The molecule has 3 aliphatic heterocycles. The fourth-order valence-electron chi connectivity index (χ4n) is 4.67. The number of esters is 1. The molecule has 1 aromatic heterocycles. The molecule has 0 saturated carbocycles.